The van der Waals surface area contributed by atoms with Crippen molar-refractivity contribution < 1.29 is 20.5 Å². The molecule has 0 saturated heterocycles. The van der Waals surface area contributed by atoms with Crippen molar-refractivity contribution in [1.82, 2.24) is 0 Å². The summed E-state index contributed by atoms with van der Waals surface area (Å²) in [4.78, 5) is 7.28. The zero-order valence-corrected chi connectivity index (χ0v) is 8.44. The molecule has 1 aromatic rings. The van der Waals surface area contributed by atoms with Crippen molar-refractivity contribution in [1.29, 1.82) is 0 Å². The van der Waals surface area contributed by atoms with E-state index in [1.165, 1.54) is 0 Å². The number of hydrogen-bond donors (Lipinski definition) is 0. The third-order valence-corrected chi connectivity index (χ3v) is 3.15. The highest BCUT2D eigenvalue weighted by atomic mass is 35.7. The Bertz CT molecular complexity index is 431. The van der Waals surface area contributed by atoms with Crippen LogP contribution in [-0.4, -0.2) is 4.92 Å². The van der Waals surface area contributed by atoms with Crippen molar-refractivity contribution in [2.75, 3.05) is 0 Å². The fraction of sp³-hybridized carbons (Fsp3) is 0. The van der Waals surface area contributed by atoms with Gasteiger partial charge in [-0.3, -0.25) is 10.1 Å². The molecule has 0 atom stereocenters. The van der Waals surface area contributed by atoms with Crippen LogP contribution >= 0.6 is 19.7 Å². The summed E-state index contributed by atoms with van der Waals surface area (Å²) in [6, 6.07) is 1.94. The summed E-state index contributed by atoms with van der Waals surface area (Å²) >= 11 is 0. The fourth-order valence-electron chi connectivity index (χ4n) is 0.837. The molecule has 15 heavy (non-hydrogen) atoms. The van der Waals surface area contributed by atoms with Crippen LogP contribution in [0.4, 0.5) is 21.2 Å². The number of nitro groups is 1. The van der Waals surface area contributed by atoms with Gasteiger partial charge in [0.1, 0.15) is 0 Å². The predicted molar refractivity (Wildman–Crippen MR) is 49.2 cm³/mol. The minimum Gasteiger partial charge on any atom is -0.258 e. The van der Waals surface area contributed by atoms with Gasteiger partial charge in [0.2, 0.25) is 0 Å². The van der Waals surface area contributed by atoms with Crippen LogP contribution in [0.5, 0.6) is 0 Å². The molecule has 0 amide bonds. The molecule has 0 heterocycles. The lowest BCUT2D eigenvalue weighted by Crippen LogP contribution is -2.04. The summed E-state index contributed by atoms with van der Waals surface area (Å²) in [5.74, 6) is 0. The Morgan fingerprint density at radius 3 is 2.20 bits per heavy atom. The number of nitrogens with zero attached hydrogens (tertiary/aromatic N) is 1. The first-order chi connectivity index (χ1) is 6.40. The zero-order chi connectivity index (χ0) is 12.0. The van der Waals surface area contributed by atoms with Crippen LogP contribution in [0.15, 0.2) is 29.2 Å². The van der Waals surface area contributed by atoms with E-state index in [0.717, 1.165) is 6.07 Å². The Labute approximate surface area is 85.7 Å². The number of benzene rings is 1. The lowest BCUT2D eigenvalue weighted by atomic mass is 10.3. The Hall–Kier alpha value is -1.02. The average molecular weight is 266 g/mol. The van der Waals surface area contributed by atoms with Crippen LogP contribution in [0.25, 0.3) is 0 Å². The quantitative estimate of drug-likeness (QED) is 0.448. The maximum atomic E-state index is 12.6. The summed E-state index contributed by atoms with van der Waals surface area (Å²) in [6.07, 6.45) is 0. The minimum atomic E-state index is -8.84. The largest absolute Gasteiger partial charge is 0.270 e. The molecule has 0 aromatic heterocycles. The Morgan fingerprint density at radius 2 is 1.80 bits per heavy atom. The van der Waals surface area contributed by atoms with Gasteiger partial charge in [0.15, 0.2) is 0 Å². The summed E-state index contributed by atoms with van der Waals surface area (Å²) < 4.78 is 50.4. The number of halogens is 5. The van der Waals surface area contributed by atoms with Crippen LogP contribution in [0, 0.1) is 10.1 Å². The highest BCUT2D eigenvalue weighted by molar-refractivity contribution is 8.65. The molecule has 0 spiro atoms. The van der Waals surface area contributed by atoms with Gasteiger partial charge in [-0.05, 0) is 6.07 Å². The maximum Gasteiger partial charge on any atom is 0.270 e. The van der Waals surface area contributed by atoms with Crippen LogP contribution in [0.1, 0.15) is 0 Å². The molecule has 86 valence electrons. The van der Waals surface area contributed by atoms with Gasteiger partial charge in [0.05, 0.1) is 9.82 Å². The van der Waals surface area contributed by atoms with E-state index >= 15 is 0 Å². The second-order valence-corrected chi connectivity index (χ2v) is 7.00. The molecule has 0 saturated carbocycles. The Kier molecular flexibility index (Phi) is 2.06. The molecule has 0 aliphatic carbocycles. The number of hydrogen-bond acceptors (Lipinski definition) is 2. The van der Waals surface area contributed by atoms with E-state index in [1.54, 1.807) is 0 Å². The predicted octanol–water partition coefficient (Wildman–Crippen LogP) is 4.52. The Morgan fingerprint density at radius 1 is 1.27 bits per heavy atom. The minimum absolute atomic E-state index is 0.0640. The summed E-state index contributed by atoms with van der Waals surface area (Å²) in [7, 11) is -4.87. The van der Waals surface area contributed by atoms with E-state index < -0.39 is 24.6 Å². The molecule has 0 bridgehead atoms. The van der Waals surface area contributed by atoms with Crippen LogP contribution in [-0.2, 0) is 0 Å². The van der Waals surface area contributed by atoms with E-state index in [-0.39, 0.29) is 6.07 Å². The second-order valence-electron chi connectivity index (χ2n) is 2.72. The monoisotopic (exact) mass is 265 g/mol. The lowest BCUT2D eigenvalue weighted by molar-refractivity contribution is -0.385. The highest BCUT2D eigenvalue weighted by Gasteiger charge is 2.63. The van der Waals surface area contributed by atoms with E-state index in [4.69, 9.17) is 0 Å². The van der Waals surface area contributed by atoms with Gasteiger partial charge < -0.3 is 0 Å². The van der Waals surface area contributed by atoms with Crippen molar-refractivity contribution in [3.63, 3.8) is 0 Å². The van der Waals surface area contributed by atoms with Crippen molar-refractivity contribution in [3.05, 3.63) is 34.4 Å². The maximum absolute atomic E-state index is 12.6. The van der Waals surface area contributed by atoms with Crippen molar-refractivity contribution in [2.45, 2.75) is 4.90 Å². The number of nitro benzene ring substituents is 1. The van der Waals surface area contributed by atoms with E-state index in [1.807, 2.05) is 0 Å². The fourth-order valence-corrected chi connectivity index (χ4v) is 1.80. The molecule has 1 rings (SSSR count). The highest BCUT2D eigenvalue weighted by Crippen LogP contribution is 3.04. The Balaban J connectivity index is 3.43. The van der Waals surface area contributed by atoms with Crippen molar-refractivity contribution >= 4 is 25.4 Å². The van der Waals surface area contributed by atoms with Gasteiger partial charge in [0, 0.05) is 22.8 Å². The van der Waals surface area contributed by atoms with Crippen LogP contribution in [0.2, 0.25) is 0 Å². The SMILES string of the molecule is O=[N+]([O-])c1cccc(S(F)(F)(F)(F)Cl)c1. The van der Waals surface area contributed by atoms with Gasteiger partial charge in [0.25, 0.3) is 14.7 Å². The van der Waals surface area contributed by atoms with Crippen molar-refractivity contribution in [2.24, 2.45) is 0 Å². The van der Waals surface area contributed by atoms with Gasteiger partial charge in [-0.2, -0.15) is 0 Å². The normalized spacial score (nSPS) is 16.6. The standard InChI is InChI=1S/C6H4ClF4NO2S/c7-15(8,9,10,11)6-3-1-2-5(4-6)12(13)14/h1-4H. The third-order valence-electron chi connectivity index (χ3n) is 1.47. The average Bonchev–Trinajstić information content (AvgIpc) is 2.00. The molecule has 0 N–H and O–H groups in total. The molecular formula is C6H4ClF4NO2S. The van der Waals surface area contributed by atoms with Crippen LogP contribution in [0.3, 0.4) is 0 Å². The molecule has 0 fully saturated rings. The summed E-state index contributed by atoms with van der Waals surface area (Å²) in [5, 5.41) is 10.2. The van der Waals surface area contributed by atoms with E-state index in [2.05, 4.69) is 10.7 Å². The third kappa shape index (κ3) is 2.96. The zero-order valence-electron chi connectivity index (χ0n) is 6.87. The second kappa shape index (κ2) is 2.56. The molecule has 0 aliphatic heterocycles. The lowest BCUT2D eigenvalue weighted by Gasteiger charge is -2.42. The molecule has 0 aliphatic rings. The van der Waals surface area contributed by atoms with Gasteiger partial charge in [-0.15, -0.1) is 15.5 Å². The van der Waals surface area contributed by atoms with E-state index in [0.29, 0.717) is 12.1 Å². The molecule has 0 unspecified atom stereocenters. The van der Waals surface area contributed by atoms with Gasteiger partial charge >= 0.3 is 0 Å². The first-order valence-corrected chi connectivity index (χ1v) is 6.26. The topological polar surface area (TPSA) is 43.1 Å². The molecule has 3 nitrogen and oxygen atoms in total. The number of rotatable bonds is 2. The molecular weight excluding hydrogens is 262 g/mol. The van der Waals surface area contributed by atoms with E-state index in [9.17, 15) is 25.7 Å². The smallest absolute Gasteiger partial charge is 0.258 e. The number of non-ortho nitro benzene ring substituents is 1. The molecule has 9 heteroatoms. The van der Waals surface area contributed by atoms with Crippen LogP contribution < -0.4 is 0 Å². The summed E-state index contributed by atoms with van der Waals surface area (Å²) in [5.41, 5.74) is -0.872. The summed E-state index contributed by atoms with van der Waals surface area (Å²) in [6.45, 7) is 0. The molecule has 1 aromatic carbocycles. The van der Waals surface area contributed by atoms with Gasteiger partial charge in [-0.25, -0.2) is 0 Å². The molecule has 0 radical (unpaired) electrons. The first-order valence-electron chi connectivity index (χ1n) is 3.39. The van der Waals surface area contributed by atoms with Crippen molar-refractivity contribution in [3.8, 4) is 0 Å². The first kappa shape index (κ1) is 12.1. The van der Waals surface area contributed by atoms with Gasteiger partial charge in [-0.1, -0.05) is 6.07 Å².